The standard InChI is InChI=1S/C19H21N3O5/c1-13(2)9-10-27-16-6-4-15(5-7-16)19(24)21-20-12-14-3-8-18(23)17(11-14)22(25)26/h3-8,11-13,23H,9-10H2,1-2H3,(H,21,24)/b20-12-. The quantitative estimate of drug-likeness (QED) is 0.419. The average Bonchev–Trinajstić information content (AvgIpc) is 2.63. The maximum atomic E-state index is 12.1. The van der Waals surface area contributed by atoms with Crippen LogP contribution in [-0.2, 0) is 0 Å². The SMILES string of the molecule is CC(C)CCOc1ccc(C(=O)N/N=C\c2ccc(O)c([N+](=O)[O-])c2)cc1. The van der Waals surface area contributed by atoms with Crippen LogP contribution >= 0.6 is 0 Å². The number of benzene rings is 2. The number of amides is 1. The van der Waals surface area contributed by atoms with Crippen molar-refractivity contribution in [2.45, 2.75) is 20.3 Å². The number of hydrogen-bond donors (Lipinski definition) is 2. The van der Waals surface area contributed by atoms with Crippen LogP contribution in [0, 0.1) is 16.0 Å². The number of aromatic hydroxyl groups is 1. The van der Waals surface area contributed by atoms with Gasteiger partial charge < -0.3 is 9.84 Å². The zero-order chi connectivity index (χ0) is 19.8. The summed E-state index contributed by atoms with van der Waals surface area (Å²) in [6, 6.07) is 10.5. The molecule has 1 amide bonds. The summed E-state index contributed by atoms with van der Waals surface area (Å²) in [6.45, 7) is 4.85. The van der Waals surface area contributed by atoms with Crippen LogP contribution in [-0.4, -0.2) is 28.8 Å². The smallest absolute Gasteiger partial charge is 0.311 e. The molecule has 0 spiro atoms. The molecular weight excluding hydrogens is 350 g/mol. The Kier molecular flexibility index (Phi) is 6.87. The molecule has 0 aliphatic carbocycles. The van der Waals surface area contributed by atoms with Crippen molar-refractivity contribution in [3.05, 3.63) is 63.7 Å². The highest BCUT2D eigenvalue weighted by Crippen LogP contribution is 2.25. The normalized spacial score (nSPS) is 10.9. The van der Waals surface area contributed by atoms with E-state index in [0.29, 0.717) is 29.4 Å². The molecule has 0 saturated heterocycles. The zero-order valence-electron chi connectivity index (χ0n) is 15.1. The maximum absolute atomic E-state index is 12.1. The van der Waals surface area contributed by atoms with Crippen LogP contribution in [0.25, 0.3) is 0 Å². The molecule has 0 aliphatic heterocycles. The molecule has 8 heteroatoms. The second-order valence-corrected chi connectivity index (χ2v) is 6.26. The molecule has 27 heavy (non-hydrogen) atoms. The van der Waals surface area contributed by atoms with Crippen LogP contribution in [0.3, 0.4) is 0 Å². The van der Waals surface area contributed by atoms with Crippen molar-refractivity contribution < 1.29 is 19.6 Å². The van der Waals surface area contributed by atoms with Crippen LogP contribution < -0.4 is 10.2 Å². The summed E-state index contributed by atoms with van der Waals surface area (Å²) in [5, 5.41) is 24.0. The number of hydrogen-bond acceptors (Lipinski definition) is 6. The lowest BCUT2D eigenvalue weighted by molar-refractivity contribution is -0.385. The lowest BCUT2D eigenvalue weighted by Gasteiger charge is -2.08. The summed E-state index contributed by atoms with van der Waals surface area (Å²) in [5.74, 6) is 0.389. The molecule has 0 aliphatic rings. The number of carbonyl (C=O) groups is 1. The second kappa shape index (κ2) is 9.33. The fraction of sp³-hybridized carbons (Fsp3) is 0.263. The number of nitro benzene ring substituents is 1. The summed E-state index contributed by atoms with van der Waals surface area (Å²) < 4.78 is 5.59. The van der Waals surface area contributed by atoms with Crippen LogP contribution in [0.4, 0.5) is 5.69 Å². The fourth-order valence-corrected chi connectivity index (χ4v) is 2.11. The van der Waals surface area contributed by atoms with Gasteiger partial charge in [-0.25, -0.2) is 5.43 Å². The largest absolute Gasteiger partial charge is 0.502 e. The summed E-state index contributed by atoms with van der Waals surface area (Å²) in [5.41, 5.74) is 2.69. The topological polar surface area (TPSA) is 114 Å². The molecule has 0 unspecified atom stereocenters. The van der Waals surface area contributed by atoms with Gasteiger partial charge in [0, 0.05) is 17.2 Å². The Morgan fingerprint density at radius 3 is 2.63 bits per heavy atom. The van der Waals surface area contributed by atoms with E-state index in [4.69, 9.17) is 4.74 Å². The van der Waals surface area contributed by atoms with E-state index in [1.165, 1.54) is 18.3 Å². The number of nitro groups is 1. The highest BCUT2D eigenvalue weighted by atomic mass is 16.6. The molecule has 0 radical (unpaired) electrons. The average molecular weight is 371 g/mol. The molecule has 0 heterocycles. The molecule has 2 aromatic rings. The van der Waals surface area contributed by atoms with E-state index in [-0.39, 0.29) is 0 Å². The van der Waals surface area contributed by atoms with E-state index in [1.807, 2.05) is 0 Å². The first-order chi connectivity index (χ1) is 12.9. The number of nitrogens with one attached hydrogen (secondary N) is 1. The first kappa shape index (κ1) is 19.9. The van der Waals surface area contributed by atoms with Gasteiger partial charge in [-0.2, -0.15) is 5.10 Å². The van der Waals surface area contributed by atoms with Gasteiger partial charge in [0.1, 0.15) is 5.75 Å². The van der Waals surface area contributed by atoms with Gasteiger partial charge in [0.25, 0.3) is 5.91 Å². The highest BCUT2D eigenvalue weighted by molar-refractivity contribution is 5.95. The van der Waals surface area contributed by atoms with Crippen molar-refractivity contribution in [3.8, 4) is 11.5 Å². The van der Waals surface area contributed by atoms with Crippen LogP contribution in [0.2, 0.25) is 0 Å². The highest BCUT2D eigenvalue weighted by Gasteiger charge is 2.12. The molecule has 0 aromatic heterocycles. The lowest BCUT2D eigenvalue weighted by Crippen LogP contribution is -2.17. The molecule has 0 saturated carbocycles. The van der Waals surface area contributed by atoms with Crippen LogP contribution in [0.5, 0.6) is 11.5 Å². The number of hydrazone groups is 1. The Bertz CT molecular complexity index is 832. The van der Waals surface area contributed by atoms with Gasteiger partial charge in [-0.15, -0.1) is 0 Å². The van der Waals surface area contributed by atoms with E-state index < -0.39 is 22.3 Å². The number of carbonyl (C=O) groups excluding carboxylic acids is 1. The van der Waals surface area contributed by atoms with E-state index in [0.717, 1.165) is 12.5 Å². The number of rotatable bonds is 8. The molecule has 0 bridgehead atoms. The third kappa shape index (κ3) is 6.10. The molecule has 2 rings (SSSR count). The minimum atomic E-state index is -0.698. The van der Waals surface area contributed by atoms with E-state index >= 15 is 0 Å². The van der Waals surface area contributed by atoms with Crippen LogP contribution in [0.1, 0.15) is 36.2 Å². The van der Waals surface area contributed by atoms with Crippen molar-refractivity contribution in [1.82, 2.24) is 5.43 Å². The third-order valence-corrected chi connectivity index (χ3v) is 3.66. The van der Waals surface area contributed by atoms with E-state index in [9.17, 15) is 20.0 Å². The Morgan fingerprint density at radius 2 is 2.00 bits per heavy atom. The minimum absolute atomic E-state index is 0.369. The van der Waals surface area contributed by atoms with Crippen molar-refractivity contribution in [3.63, 3.8) is 0 Å². The predicted octanol–water partition coefficient (Wildman–Crippen LogP) is 3.49. The number of phenolic OH excluding ortho intramolecular Hbond substituents is 1. The van der Waals surface area contributed by atoms with E-state index in [2.05, 4.69) is 24.4 Å². The summed E-state index contributed by atoms with van der Waals surface area (Å²) in [6.07, 6.45) is 2.21. The van der Waals surface area contributed by atoms with Crippen molar-refractivity contribution in [2.75, 3.05) is 6.61 Å². The monoisotopic (exact) mass is 371 g/mol. The minimum Gasteiger partial charge on any atom is -0.502 e. The van der Waals surface area contributed by atoms with Gasteiger partial charge in [-0.3, -0.25) is 14.9 Å². The molecular formula is C19H21N3O5. The number of phenols is 1. The fourth-order valence-electron chi connectivity index (χ4n) is 2.11. The van der Waals surface area contributed by atoms with Crippen molar-refractivity contribution in [1.29, 1.82) is 0 Å². The van der Waals surface area contributed by atoms with Gasteiger partial charge in [0.05, 0.1) is 17.7 Å². The van der Waals surface area contributed by atoms with Crippen molar-refractivity contribution >= 4 is 17.8 Å². The third-order valence-electron chi connectivity index (χ3n) is 3.66. The Balaban J connectivity index is 1.92. The summed E-state index contributed by atoms with van der Waals surface area (Å²) in [4.78, 5) is 22.2. The molecule has 0 fully saturated rings. The number of nitrogens with zero attached hydrogens (tertiary/aromatic N) is 2. The molecule has 142 valence electrons. The molecule has 0 atom stereocenters. The van der Waals surface area contributed by atoms with Gasteiger partial charge in [-0.05, 0) is 48.7 Å². The summed E-state index contributed by atoms with van der Waals surface area (Å²) >= 11 is 0. The predicted molar refractivity (Wildman–Crippen MR) is 101 cm³/mol. The van der Waals surface area contributed by atoms with Crippen molar-refractivity contribution in [2.24, 2.45) is 11.0 Å². The Hall–Kier alpha value is -3.42. The Morgan fingerprint density at radius 1 is 1.30 bits per heavy atom. The maximum Gasteiger partial charge on any atom is 0.311 e. The lowest BCUT2D eigenvalue weighted by atomic mass is 10.1. The van der Waals surface area contributed by atoms with E-state index in [1.54, 1.807) is 24.3 Å². The van der Waals surface area contributed by atoms with Gasteiger partial charge in [0.15, 0.2) is 5.75 Å². The molecule has 2 N–H and O–H groups in total. The summed E-state index contributed by atoms with van der Waals surface area (Å²) in [7, 11) is 0. The van der Waals surface area contributed by atoms with Gasteiger partial charge in [0.2, 0.25) is 0 Å². The number of ether oxygens (including phenoxy) is 1. The Labute approximate surface area is 156 Å². The zero-order valence-corrected chi connectivity index (χ0v) is 15.1. The van der Waals surface area contributed by atoms with Gasteiger partial charge in [-0.1, -0.05) is 13.8 Å². The first-order valence-electron chi connectivity index (χ1n) is 8.40. The molecule has 8 nitrogen and oxygen atoms in total. The van der Waals surface area contributed by atoms with Crippen LogP contribution in [0.15, 0.2) is 47.6 Å². The first-order valence-corrected chi connectivity index (χ1v) is 8.40. The molecule has 2 aromatic carbocycles. The second-order valence-electron chi connectivity index (χ2n) is 6.26. The van der Waals surface area contributed by atoms with Gasteiger partial charge >= 0.3 is 5.69 Å².